The Kier molecular flexibility index (Phi) is 7.33. The highest BCUT2D eigenvalue weighted by atomic mass is 32.1. The minimum Gasteiger partial charge on any atom is -0.478 e. The molecule has 3 heterocycles. The second kappa shape index (κ2) is 11.4. The van der Waals surface area contributed by atoms with Gasteiger partial charge in [-0.05, 0) is 41.3 Å². The highest BCUT2D eigenvalue weighted by molar-refractivity contribution is 7.10. The van der Waals surface area contributed by atoms with Crippen LogP contribution in [0.15, 0.2) is 99.6 Å². The average molecular weight is 578 g/mol. The summed E-state index contributed by atoms with van der Waals surface area (Å²) in [6.07, 6.45) is 1.79. The van der Waals surface area contributed by atoms with E-state index in [0.29, 0.717) is 31.9 Å². The van der Waals surface area contributed by atoms with Gasteiger partial charge in [-0.15, -0.1) is 11.3 Å². The summed E-state index contributed by atoms with van der Waals surface area (Å²) in [5.41, 5.74) is 1.99. The van der Waals surface area contributed by atoms with Crippen molar-refractivity contribution in [3.63, 3.8) is 0 Å². The molecule has 0 bridgehead atoms. The first kappa shape index (κ1) is 26.4. The fraction of sp³-hybridized carbons (Fsp3) is 0.125. The quantitative estimate of drug-likeness (QED) is 0.252. The summed E-state index contributed by atoms with van der Waals surface area (Å²) in [5, 5.41) is 12.9. The van der Waals surface area contributed by atoms with Gasteiger partial charge in [-0.1, -0.05) is 78.1 Å². The summed E-state index contributed by atoms with van der Waals surface area (Å²) in [7, 11) is 0. The third-order valence-electron chi connectivity index (χ3n) is 6.68. The molecule has 0 aliphatic carbocycles. The second-order valence-electron chi connectivity index (χ2n) is 9.09. The number of nitriles is 1. The summed E-state index contributed by atoms with van der Waals surface area (Å²) >= 11 is 2.72. The van der Waals surface area contributed by atoms with Crippen LogP contribution in [0.25, 0.3) is 22.5 Å². The first-order chi connectivity index (χ1) is 20.1. The molecule has 5 aromatic rings. The Morgan fingerprint density at radius 2 is 1.88 bits per heavy atom. The number of carbonyl (C=O) groups excluding carboxylic acids is 1. The smallest absolute Gasteiger partial charge is 0.338 e. The molecule has 9 heteroatoms. The van der Waals surface area contributed by atoms with Crippen molar-refractivity contribution in [3.05, 3.63) is 126 Å². The molecule has 3 aromatic carbocycles. The Bertz CT molecular complexity index is 2020. The number of aromatic nitrogens is 1. The second-order valence-corrected chi connectivity index (χ2v) is 11.1. The van der Waals surface area contributed by atoms with Crippen LogP contribution >= 0.6 is 22.7 Å². The van der Waals surface area contributed by atoms with Gasteiger partial charge in [-0.3, -0.25) is 9.36 Å². The van der Waals surface area contributed by atoms with E-state index >= 15 is 0 Å². The van der Waals surface area contributed by atoms with E-state index in [1.54, 1.807) is 17.6 Å². The molecular formula is C32H23N3O4S2. The topological polar surface area (TPSA) is 93.7 Å². The molecule has 2 aromatic heterocycles. The molecule has 0 N–H and O–H groups in total. The molecule has 7 nitrogen and oxygen atoms in total. The van der Waals surface area contributed by atoms with Crippen molar-refractivity contribution in [2.45, 2.75) is 13.0 Å². The number of esters is 1. The molecule has 1 atom stereocenters. The van der Waals surface area contributed by atoms with Crippen molar-refractivity contribution >= 4 is 51.2 Å². The van der Waals surface area contributed by atoms with Gasteiger partial charge in [0, 0.05) is 16.0 Å². The molecular weight excluding hydrogens is 555 g/mol. The number of hydrogen-bond donors (Lipinski definition) is 0. The molecule has 6 rings (SSSR count). The Labute approximate surface area is 243 Å². The molecule has 1 aliphatic rings. The summed E-state index contributed by atoms with van der Waals surface area (Å²) in [5.74, 6) is -0.00731. The maximum absolute atomic E-state index is 14.2. The Morgan fingerprint density at radius 1 is 1.07 bits per heavy atom. The minimum atomic E-state index is -0.704. The summed E-state index contributed by atoms with van der Waals surface area (Å²) in [6.45, 7) is 1.83. The maximum atomic E-state index is 14.2. The van der Waals surface area contributed by atoms with Crippen LogP contribution in [0.2, 0.25) is 0 Å². The molecule has 202 valence electrons. The van der Waals surface area contributed by atoms with Crippen LogP contribution in [0.3, 0.4) is 0 Å². The number of rotatable bonds is 7. The largest absolute Gasteiger partial charge is 0.478 e. The Hall–Kier alpha value is -4.78. The Morgan fingerprint density at radius 3 is 2.63 bits per heavy atom. The van der Waals surface area contributed by atoms with Crippen molar-refractivity contribution in [2.24, 2.45) is 4.99 Å². The van der Waals surface area contributed by atoms with Crippen LogP contribution in [0.5, 0.6) is 5.75 Å². The number of thiophene rings is 1. The fourth-order valence-corrected chi connectivity index (χ4v) is 6.75. The van der Waals surface area contributed by atoms with Crippen molar-refractivity contribution in [1.82, 2.24) is 4.57 Å². The highest BCUT2D eigenvalue weighted by Gasteiger charge is 2.35. The van der Waals surface area contributed by atoms with E-state index in [-0.39, 0.29) is 18.8 Å². The molecule has 0 spiro atoms. The normalized spacial score (nSPS) is 14.8. The number of nitrogens with zero attached hydrogens (tertiary/aromatic N) is 3. The first-order valence-corrected chi connectivity index (χ1v) is 14.6. The van der Waals surface area contributed by atoms with Crippen LogP contribution in [0.4, 0.5) is 0 Å². The number of fused-ring (bicyclic) bond motifs is 2. The Balaban J connectivity index is 1.65. The SMILES string of the molecule is CCOC(=O)C1=C(c2ccccc2)N=c2s/c(=C\c3c(OCC#N)ccc4ccccc34)c(=O)n2[C@H]1c1cccs1. The lowest BCUT2D eigenvalue weighted by Crippen LogP contribution is -2.39. The van der Waals surface area contributed by atoms with E-state index in [9.17, 15) is 9.59 Å². The van der Waals surface area contributed by atoms with Crippen LogP contribution in [0.1, 0.15) is 29.0 Å². The van der Waals surface area contributed by atoms with Crippen molar-refractivity contribution < 1.29 is 14.3 Å². The van der Waals surface area contributed by atoms with E-state index in [1.807, 2.05) is 90.3 Å². The van der Waals surface area contributed by atoms with Crippen LogP contribution in [0, 0.1) is 11.3 Å². The number of benzene rings is 3. The fourth-order valence-electron chi connectivity index (χ4n) is 4.95. The highest BCUT2D eigenvalue weighted by Crippen LogP contribution is 2.37. The van der Waals surface area contributed by atoms with Gasteiger partial charge in [0.05, 0.1) is 22.4 Å². The van der Waals surface area contributed by atoms with E-state index in [0.717, 1.165) is 21.2 Å². The van der Waals surface area contributed by atoms with Gasteiger partial charge in [0.1, 0.15) is 17.9 Å². The van der Waals surface area contributed by atoms with E-state index in [2.05, 4.69) is 0 Å². The predicted molar refractivity (Wildman–Crippen MR) is 160 cm³/mol. The van der Waals surface area contributed by atoms with Gasteiger partial charge in [0.15, 0.2) is 11.4 Å². The number of ether oxygens (including phenoxy) is 2. The number of hydrogen-bond acceptors (Lipinski definition) is 8. The lowest BCUT2D eigenvalue weighted by molar-refractivity contribution is -0.138. The molecule has 0 amide bonds. The molecule has 0 fully saturated rings. The molecule has 1 aliphatic heterocycles. The van der Waals surface area contributed by atoms with E-state index in [4.69, 9.17) is 19.7 Å². The standard InChI is InChI=1S/C32H23N3O4S2/c1-2-38-31(37)27-28(21-10-4-3-5-11-21)34-32-35(29(27)25-13-8-18-40-25)30(36)26(41-32)19-23-22-12-7-6-9-20(22)14-15-24(23)39-17-16-33/h3-15,18-19,29H,2,17H2,1H3/b26-19-/t29-/m0/s1. The zero-order valence-corrected chi connectivity index (χ0v) is 23.6. The van der Waals surface area contributed by atoms with Gasteiger partial charge in [0.2, 0.25) is 0 Å². The predicted octanol–water partition coefficient (Wildman–Crippen LogP) is 5.05. The molecule has 0 saturated heterocycles. The van der Waals surface area contributed by atoms with Crippen LogP contribution in [-0.2, 0) is 9.53 Å². The van der Waals surface area contributed by atoms with Gasteiger partial charge in [-0.2, -0.15) is 5.26 Å². The average Bonchev–Trinajstić information content (AvgIpc) is 3.65. The third-order valence-corrected chi connectivity index (χ3v) is 8.59. The van der Waals surface area contributed by atoms with Gasteiger partial charge >= 0.3 is 5.97 Å². The molecule has 0 unspecified atom stereocenters. The van der Waals surface area contributed by atoms with Crippen LogP contribution < -0.4 is 19.6 Å². The first-order valence-electron chi connectivity index (χ1n) is 12.9. The zero-order valence-electron chi connectivity index (χ0n) is 21.9. The number of thiazole rings is 1. The van der Waals surface area contributed by atoms with Gasteiger partial charge in [-0.25, -0.2) is 9.79 Å². The van der Waals surface area contributed by atoms with Crippen molar-refractivity contribution in [1.29, 1.82) is 5.26 Å². The van der Waals surface area contributed by atoms with Gasteiger partial charge < -0.3 is 9.47 Å². The monoisotopic (exact) mass is 577 g/mol. The molecule has 41 heavy (non-hydrogen) atoms. The summed E-state index contributed by atoms with van der Waals surface area (Å²) in [6, 6.07) is 26.1. The minimum absolute atomic E-state index is 0.123. The number of carbonyl (C=O) groups is 1. The lowest BCUT2D eigenvalue weighted by atomic mass is 9.97. The lowest BCUT2D eigenvalue weighted by Gasteiger charge is -2.24. The zero-order chi connectivity index (χ0) is 28.3. The maximum Gasteiger partial charge on any atom is 0.338 e. The van der Waals surface area contributed by atoms with Gasteiger partial charge in [0.25, 0.3) is 5.56 Å². The van der Waals surface area contributed by atoms with Crippen molar-refractivity contribution in [2.75, 3.05) is 13.2 Å². The van der Waals surface area contributed by atoms with Crippen LogP contribution in [-0.4, -0.2) is 23.8 Å². The summed E-state index contributed by atoms with van der Waals surface area (Å²) in [4.78, 5) is 33.9. The van der Waals surface area contributed by atoms with Crippen molar-refractivity contribution in [3.8, 4) is 11.8 Å². The third kappa shape index (κ3) is 4.88. The summed E-state index contributed by atoms with van der Waals surface area (Å²) < 4.78 is 13.3. The molecule has 0 saturated carbocycles. The molecule has 0 radical (unpaired) electrons. The van der Waals surface area contributed by atoms with E-state index < -0.39 is 12.0 Å². The van der Waals surface area contributed by atoms with E-state index in [1.165, 1.54) is 22.7 Å².